The molecule has 0 unspecified atom stereocenters. The number of carbonyl (C=O) groups is 1. The number of amides is 1. The van der Waals surface area contributed by atoms with E-state index in [1.807, 2.05) is 0 Å². The number of carbonyl (C=O) groups excluding carboxylic acids is 1. The topological polar surface area (TPSA) is 38.3 Å². The SMILES string of the molecule is O=C(/C=C/c1ccccc1OC(F)F)Nc1ccc(F)cc1Cl. The van der Waals surface area contributed by atoms with Crippen molar-refractivity contribution in [1.29, 1.82) is 0 Å². The second-order valence-electron chi connectivity index (χ2n) is 4.36. The standard InChI is InChI=1S/C16H11ClF3NO2/c17-12-9-11(18)6-7-13(12)21-15(22)8-5-10-3-1-2-4-14(10)23-16(19)20/h1-9,16H,(H,21,22)/b8-5+. The van der Waals surface area contributed by atoms with E-state index in [-0.39, 0.29) is 16.5 Å². The number of hydrogen-bond donors (Lipinski definition) is 1. The maximum Gasteiger partial charge on any atom is 0.387 e. The van der Waals surface area contributed by atoms with Gasteiger partial charge in [0.15, 0.2) is 0 Å². The Hall–Kier alpha value is -2.47. The van der Waals surface area contributed by atoms with Gasteiger partial charge in [-0.25, -0.2) is 4.39 Å². The van der Waals surface area contributed by atoms with E-state index in [1.54, 1.807) is 6.07 Å². The highest BCUT2D eigenvalue weighted by atomic mass is 35.5. The van der Waals surface area contributed by atoms with Gasteiger partial charge in [0, 0.05) is 11.6 Å². The summed E-state index contributed by atoms with van der Waals surface area (Å²) < 4.78 is 41.9. The van der Waals surface area contributed by atoms with Crippen LogP contribution in [0.5, 0.6) is 5.75 Å². The lowest BCUT2D eigenvalue weighted by Gasteiger charge is -2.07. The molecule has 0 aliphatic heterocycles. The molecule has 2 aromatic rings. The van der Waals surface area contributed by atoms with E-state index in [0.29, 0.717) is 5.56 Å². The number of halogens is 4. The van der Waals surface area contributed by atoms with Gasteiger partial charge in [0.2, 0.25) is 5.91 Å². The van der Waals surface area contributed by atoms with Crippen LogP contribution in [0.1, 0.15) is 5.56 Å². The molecule has 0 fully saturated rings. The van der Waals surface area contributed by atoms with Crippen molar-refractivity contribution >= 4 is 29.3 Å². The lowest BCUT2D eigenvalue weighted by Crippen LogP contribution is -2.08. The monoisotopic (exact) mass is 341 g/mol. The van der Waals surface area contributed by atoms with E-state index in [1.165, 1.54) is 30.3 Å². The van der Waals surface area contributed by atoms with Crippen molar-refractivity contribution in [1.82, 2.24) is 0 Å². The van der Waals surface area contributed by atoms with Crippen LogP contribution in [0.15, 0.2) is 48.5 Å². The Kier molecular flexibility index (Phi) is 5.65. The third-order valence-corrected chi connectivity index (χ3v) is 3.05. The van der Waals surface area contributed by atoms with Crippen LogP contribution in [0, 0.1) is 5.82 Å². The van der Waals surface area contributed by atoms with Crippen LogP contribution in [0.25, 0.3) is 6.08 Å². The molecule has 0 atom stereocenters. The molecule has 0 spiro atoms. The molecule has 7 heteroatoms. The van der Waals surface area contributed by atoms with Crippen molar-refractivity contribution in [3.63, 3.8) is 0 Å². The molecule has 0 aliphatic carbocycles. The fourth-order valence-corrected chi connectivity index (χ4v) is 1.97. The molecule has 1 N–H and O–H groups in total. The van der Waals surface area contributed by atoms with E-state index in [4.69, 9.17) is 11.6 Å². The van der Waals surface area contributed by atoms with Crippen molar-refractivity contribution in [2.24, 2.45) is 0 Å². The van der Waals surface area contributed by atoms with Crippen LogP contribution >= 0.6 is 11.6 Å². The summed E-state index contributed by atoms with van der Waals surface area (Å²) in [5, 5.41) is 2.50. The minimum atomic E-state index is -2.96. The van der Waals surface area contributed by atoms with Gasteiger partial charge in [-0.15, -0.1) is 0 Å². The van der Waals surface area contributed by atoms with E-state index < -0.39 is 18.3 Å². The maximum atomic E-state index is 12.9. The third-order valence-electron chi connectivity index (χ3n) is 2.74. The van der Waals surface area contributed by atoms with Crippen LogP contribution in [0.3, 0.4) is 0 Å². The predicted octanol–water partition coefficient (Wildman–Crippen LogP) is 4.73. The summed E-state index contributed by atoms with van der Waals surface area (Å²) in [6.45, 7) is -2.96. The molecule has 3 nitrogen and oxygen atoms in total. The summed E-state index contributed by atoms with van der Waals surface area (Å²) >= 11 is 5.79. The van der Waals surface area contributed by atoms with Crippen molar-refractivity contribution in [2.75, 3.05) is 5.32 Å². The van der Waals surface area contributed by atoms with Gasteiger partial charge in [0.1, 0.15) is 11.6 Å². The first-order chi connectivity index (χ1) is 11.0. The van der Waals surface area contributed by atoms with E-state index in [2.05, 4.69) is 10.1 Å². The van der Waals surface area contributed by atoms with Gasteiger partial charge in [0.25, 0.3) is 0 Å². The van der Waals surface area contributed by atoms with Gasteiger partial charge >= 0.3 is 6.61 Å². The lowest BCUT2D eigenvalue weighted by molar-refractivity contribution is -0.111. The number of anilines is 1. The number of alkyl halides is 2. The van der Waals surface area contributed by atoms with Gasteiger partial charge in [0.05, 0.1) is 10.7 Å². The highest BCUT2D eigenvalue weighted by Crippen LogP contribution is 2.23. The quantitative estimate of drug-likeness (QED) is 0.798. The summed E-state index contributed by atoms with van der Waals surface area (Å²) in [4.78, 5) is 11.8. The molecule has 23 heavy (non-hydrogen) atoms. The molecular weight excluding hydrogens is 331 g/mol. The number of para-hydroxylation sites is 1. The van der Waals surface area contributed by atoms with Gasteiger partial charge in [-0.05, 0) is 30.3 Å². The minimum absolute atomic E-state index is 0.0492. The summed E-state index contributed by atoms with van der Waals surface area (Å²) in [7, 11) is 0. The molecule has 0 bridgehead atoms. The van der Waals surface area contributed by atoms with Crippen LogP contribution in [0.4, 0.5) is 18.9 Å². The second kappa shape index (κ2) is 7.69. The van der Waals surface area contributed by atoms with Gasteiger partial charge in [-0.2, -0.15) is 8.78 Å². The zero-order valence-corrected chi connectivity index (χ0v) is 12.4. The van der Waals surface area contributed by atoms with Crippen LogP contribution in [-0.2, 0) is 4.79 Å². The Labute approximate surface area is 135 Å². The summed E-state index contributed by atoms with van der Waals surface area (Å²) in [5.74, 6) is -1.13. The number of benzene rings is 2. The summed E-state index contributed by atoms with van der Waals surface area (Å²) in [5.41, 5.74) is 0.549. The number of nitrogens with one attached hydrogen (secondary N) is 1. The molecular formula is C16H11ClF3NO2. The van der Waals surface area contributed by atoms with E-state index in [9.17, 15) is 18.0 Å². The van der Waals surface area contributed by atoms with Crippen molar-refractivity contribution in [3.8, 4) is 5.75 Å². The zero-order valence-electron chi connectivity index (χ0n) is 11.6. The average molecular weight is 342 g/mol. The first-order valence-corrected chi connectivity index (χ1v) is 6.81. The average Bonchev–Trinajstić information content (AvgIpc) is 2.49. The molecule has 0 aromatic heterocycles. The highest BCUT2D eigenvalue weighted by molar-refractivity contribution is 6.33. The Morgan fingerprint density at radius 1 is 1.22 bits per heavy atom. The summed E-state index contributed by atoms with van der Waals surface area (Å²) in [6.07, 6.45) is 2.46. The lowest BCUT2D eigenvalue weighted by atomic mass is 10.2. The van der Waals surface area contributed by atoms with Crippen LogP contribution in [-0.4, -0.2) is 12.5 Å². The van der Waals surface area contributed by atoms with Crippen LogP contribution < -0.4 is 10.1 Å². The molecule has 120 valence electrons. The molecule has 0 radical (unpaired) electrons. The highest BCUT2D eigenvalue weighted by Gasteiger charge is 2.08. The normalized spacial score (nSPS) is 11.0. The Balaban J connectivity index is 2.09. The maximum absolute atomic E-state index is 12.9. The largest absolute Gasteiger partial charge is 0.434 e. The molecule has 1 amide bonds. The fraction of sp³-hybridized carbons (Fsp3) is 0.0625. The zero-order chi connectivity index (χ0) is 16.8. The first-order valence-electron chi connectivity index (χ1n) is 6.43. The number of rotatable bonds is 5. The molecule has 0 aliphatic rings. The van der Waals surface area contributed by atoms with Crippen molar-refractivity contribution in [2.45, 2.75) is 6.61 Å². The van der Waals surface area contributed by atoms with E-state index >= 15 is 0 Å². The molecule has 0 heterocycles. The van der Waals surface area contributed by atoms with Crippen molar-refractivity contribution < 1.29 is 22.7 Å². The molecule has 0 saturated carbocycles. The smallest absolute Gasteiger partial charge is 0.387 e. The summed E-state index contributed by atoms with van der Waals surface area (Å²) in [6, 6.07) is 9.56. The first kappa shape index (κ1) is 16.9. The van der Waals surface area contributed by atoms with Gasteiger partial charge in [-0.1, -0.05) is 29.8 Å². The Morgan fingerprint density at radius 2 is 1.96 bits per heavy atom. The van der Waals surface area contributed by atoms with Gasteiger partial charge in [-0.3, -0.25) is 4.79 Å². The second-order valence-corrected chi connectivity index (χ2v) is 4.77. The van der Waals surface area contributed by atoms with E-state index in [0.717, 1.165) is 18.2 Å². The van der Waals surface area contributed by atoms with Crippen LogP contribution in [0.2, 0.25) is 5.02 Å². The van der Waals surface area contributed by atoms with Crippen molar-refractivity contribution in [3.05, 3.63) is 64.9 Å². The van der Waals surface area contributed by atoms with Gasteiger partial charge < -0.3 is 10.1 Å². The minimum Gasteiger partial charge on any atom is -0.434 e. The fourth-order valence-electron chi connectivity index (χ4n) is 1.75. The Bertz CT molecular complexity index is 735. The number of hydrogen-bond acceptors (Lipinski definition) is 2. The molecule has 2 rings (SSSR count). The number of ether oxygens (including phenoxy) is 1. The third kappa shape index (κ3) is 5.03. The Morgan fingerprint density at radius 3 is 2.65 bits per heavy atom. The predicted molar refractivity (Wildman–Crippen MR) is 82.1 cm³/mol. The molecule has 2 aromatic carbocycles. The molecule has 0 saturated heterocycles.